The topological polar surface area (TPSA) is 113 Å². The molecule has 9 heteroatoms. The Bertz CT molecular complexity index is 1190. The predicted octanol–water partition coefficient (Wildman–Crippen LogP) is 5.16. The van der Waals surface area contributed by atoms with Crippen LogP contribution in [-0.4, -0.2) is 84.7 Å². The Balaban J connectivity index is 1.54. The Labute approximate surface area is 268 Å². The van der Waals surface area contributed by atoms with Crippen LogP contribution < -0.4 is 0 Å². The maximum Gasteiger partial charge on any atom is 0.316 e. The van der Waals surface area contributed by atoms with Crippen molar-refractivity contribution in [3.63, 3.8) is 0 Å². The second-order valence-electron chi connectivity index (χ2n) is 14.1. The second-order valence-corrected chi connectivity index (χ2v) is 14.1. The number of rotatable bonds is 5. The number of aliphatic hydroxyl groups excluding tert-OH is 1. The molecule has 12 atom stereocenters. The third-order valence-corrected chi connectivity index (χ3v) is 10.8. The molecule has 2 N–H and O–H groups in total. The van der Waals surface area contributed by atoms with Crippen LogP contribution in [0.3, 0.4) is 0 Å². The molecule has 1 spiro atoms. The molecule has 0 radical (unpaired) electrons. The highest BCUT2D eigenvalue weighted by Crippen LogP contribution is 2.48. The lowest BCUT2D eigenvalue weighted by Gasteiger charge is -2.51. The monoisotopic (exact) mass is 630 g/mol. The fourth-order valence-corrected chi connectivity index (χ4v) is 7.97. The highest BCUT2D eigenvalue weighted by atomic mass is 16.7. The molecular weight excluding hydrogens is 576 g/mol. The van der Waals surface area contributed by atoms with E-state index < -0.39 is 41.6 Å². The van der Waals surface area contributed by atoms with Crippen LogP contribution in [0.1, 0.15) is 80.1 Å². The average molecular weight is 631 g/mol. The van der Waals surface area contributed by atoms with Crippen LogP contribution in [-0.2, 0) is 33.2 Å². The maximum absolute atomic E-state index is 14.1. The summed E-state index contributed by atoms with van der Waals surface area (Å²) in [5.74, 6) is -1.69. The van der Waals surface area contributed by atoms with Gasteiger partial charge in [0, 0.05) is 32.3 Å². The van der Waals surface area contributed by atoms with Crippen molar-refractivity contribution in [2.75, 3.05) is 20.5 Å². The Morgan fingerprint density at radius 3 is 2.67 bits per heavy atom. The first-order chi connectivity index (χ1) is 21.4. The molecule has 4 aliphatic heterocycles. The van der Waals surface area contributed by atoms with Crippen molar-refractivity contribution in [3.05, 3.63) is 47.1 Å². The summed E-state index contributed by atoms with van der Waals surface area (Å²) >= 11 is 0. The summed E-state index contributed by atoms with van der Waals surface area (Å²) in [6.45, 7) is 12.8. The summed E-state index contributed by atoms with van der Waals surface area (Å²) in [5, 5.41) is 23.2. The summed E-state index contributed by atoms with van der Waals surface area (Å²) in [4.78, 5) is 14.1. The Hall–Kier alpha value is -1.85. The van der Waals surface area contributed by atoms with E-state index in [1.165, 1.54) is 0 Å². The van der Waals surface area contributed by atoms with Gasteiger partial charge in [-0.2, -0.15) is 0 Å². The molecule has 3 fully saturated rings. The highest BCUT2D eigenvalue weighted by Gasteiger charge is 2.60. The molecule has 45 heavy (non-hydrogen) atoms. The summed E-state index contributed by atoms with van der Waals surface area (Å²) in [6, 6.07) is 0. The van der Waals surface area contributed by atoms with Gasteiger partial charge in [-0.3, -0.25) is 4.79 Å². The van der Waals surface area contributed by atoms with E-state index in [0.717, 1.165) is 24.8 Å². The van der Waals surface area contributed by atoms with E-state index >= 15 is 0 Å². The first-order valence-electron chi connectivity index (χ1n) is 16.8. The number of carbonyl (C=O) groups excluding carboxylic acids is 1. The minimum absolute atomic E-state index is 0.0282. The van der Waals surface area contributed by atoms with E-state index in [0.29, 0.717) is 42.2 Å². The van der Waals surface area contributed by atoms with E-state index in [-0.39, 0.29) is 37.6 Å². The Kier molecular flexibility index (Phi) is 10.8. The first-order valence-corrected chi connectivity index (χ1v) is 16.8. The molecule has 3 saturated heterocycles. The first kappa shape index (κ1) is 34.5. The van der Waals surface area contributed by atoms with Crippen LogP contribution >= 0.6 is 0 Å². The SMILES string of the molecule is CC[C@H](C)[C@H]1O[C@]2(CC[C@@H]1C)C[C@@H]1C[C@@H](C/C=C(\C)[C@H](OCOC)[C@@H](C)/C=C/C=C3\CO[C@@H]4[C@H](O)C(C)=C[C@@H](C(=O)O1)[C@]34O)O2. The number of allylic oxidation sites excluding steroid dienone is 2. The highest BCUT2D eigenvalue weighted by molar-refractivity contribution is 5.78. The fourth-order valence-electron chi connectivity index (χ4n) is 7.97. The molecule has 5 rings (SSSR count). The van der Waals surface area contributed by atoms with Crippen molar-refractivity contribution >= 4 is 5.97 Å². The number of fused-ring (bicyclic) bond motifs is 2. The predicted molar refractivity (Wildman–Crippen MR) is 169 cm³/mol. The molecule has 0 amide bonds. The molecule has 252 valence electrons. The largest absolute Gasteiger partial charge is 0.462 e. The molecule has 4 heterocycles. The van der Waals surface area contributed by atoms with E-state index in [1.807, 2.05) is 12.2 Å². The second kappa shape index (κ2) is 14.1. The standard InChI is InChI=1S/C36H54O9/c1-8-21(2)32-24(5)14-15-35(45-32)18-28-17-27(44-35)13-12-23(4)31(42-20-40-7)22(3)10-9-11-26-19-41-33-30(37)25(6)16-29(34(38)43-28)36(26,33)39/h9-12,16,21-22,24,27-33,37,39H,8,13-15,17-20H2,1-7H3/b10-9+,23-12+,26-11+/t21-,22-,24-,27+,28-,29-,30+,31+,32+,33+,35+,36+/m0/s1. The van der Waals surface area contributed by atoms with E-state index in [2.05, 4.69) is 40.7 Å². The lowest BCUT2D eigenvalue weighted by molar-refractivity contribution is -0.340. The van der Waals surface area contributed by atoms with Gasteiger partial charge in [-0.25, -0.2) is 0 Å². The van der Waals surface area contributed by atoms with Crippen molar-refractivity contribution in [1.29, 1.82) is 0 Å². The lowest BCUT2D eigenvalue weighted by atomic mass is 9.71. The van der Waals surface area contributed by atoms with E-state index in [4.69, 9.17) is 28.4 Å². The number of methoxy groups -OCH3 is 1. The molecule has 0 unspecified atom stereocenters. The van der Waals surface area contributed by atoms with Crippen LogP contribution in [0, 0.1) is 23.7 Å². The number of hydrogen-bond donors (Lipinski definition) is 2. The normalized spacial score (nSPS) is 46.2. The molecule has 5 aliphatic rings. The van der Waals surface area contributed by atoms with Gasteiger partial charge in [0.05, 0.1) is 24.9 Å². The molecular formula is C36H54O9. The third-order valence-electron chi connectivity index (χ3n) is 10.8. The minimum Gasteiger partial charge on any atom is -0.462 e. The molecule has 0 aromatic carbocycles. The van der Waals surface area contributed by atoms with Crippen LogP contribution in [0.4, 0.5) is 0 Å². The van der Waals surface area contributed by atoms with E-state index in [1.54, 1.807) is 26.2 Å². The molecule has 0 aromatic heterocycles. The van der Waals surface area contributed by atoms with Crippen molar-refractivity contribution < 1.29 is 43.4 Å². The minimum atomic E-state index is -1.75. The van der Waals surface area contributed by atoms with Crippen molar-refractivity contribution in [2.24, 2.45) is 23.7 Å². The van der Waals surface area contributed by atoms with Crippen molar-refractivity contribution in [3.8, 4) is 0 Å². The van der Waals surface area contributed by atoms with Gasteiger partial charge in [-0.15, -0.1) is 0 Å². The smallest absolute Gasteiger partial charge is 0.316 e. The number of aliphatic hydroxyl groups is 2. The van der Waals surface area contributed by atoms with Crippen molar-refractivity contribution in [1.82, 2.24) is 0 Å². The zero-order valence-corrected chi connectivity index (χ0v) is 28.1. The molecule has 0 saturated carbocycles. The van der Waals surface area contributed by atoms with Gasteiger partial charge in [0.25, 0.3) is 0 Å². The summed E-state index contributed by atoms with van der Waals surface area (Å²) in [7, 11) is 1.61. The number of ether oxygens (including phenoxy) is 6. The zero-order valence-electron chi connectivity index (χ0n) is 28.1. The lowest BCUT2D eigenvalue weighted by Crippen LogP contribution is -2.58. The number of carbonyl (C=O) groups is 1. The van der Waals surface area contributed by atoms with Crippen LogP contribution in [0.2, 0.25) is 0 Å². The summed E-state index contributed by atoms with van der Waals surface area (Å²) in [6.07, 6.45) is 10.8. The fraction of sp³-hybridized carbons (Fsp3) is 0.750. The van der Waals surface area contributed by atoms with E-state index in [9.17, 15) is 15.0 Å². The summed E-state index contributed by atoms with van der Waals surface area (Å²) < 4.78 is 37.4. The Morgan fingerprint density at radius 1 is 1.16 bits per heavy atom. The number of hydrogen-bond acceptors (Lipinski definition) is 9. The van der Waals surface area contributed by atoms with Gasteiger partial charge in [0.15, 0.2) is 5.79 Å². The van der Waals surface area contributed by atoms with Gasteiger partial charge in [0.1, 0.15) is 36.6 Å². The van der Waals surface area contributed by atoms with Gasteiger partial charge in [0.2, 0.25) is 0 Å². The van der Waals surface area contributed by atoms with Crippen LogP contribution in [0.15, 0.2) is 47.1 Å². The molecule has 0 aromatic rings. The van der Waals surface area contributed by atoms with Crippen LogP contribution in [0.5, 0.6) is 0 Å². The van der Waals surface area contributed by atoms with Gasteiger partial charge in [-0.05, 0) is 55.2 Å². The average Bonchev–Trinajstić information content (AvgIpc) is 3.35. The molecule has 1 aliphatic carbocycles. The van der Waals surface area contributed by atoms with Gasteiger partial charge < -0.3 is 38.6 Å². The quantitative estimate of drug-likeness (QED) is 0.242. The maximum atomic E-state index is 14.1. The number of esters is 1. The molecule has 2 bridgehead atoms. The summed E-state index contributed by atoms with van der Waals surface area (Å²) in [5.41, 5.74) is 0.405. The molecule has 9 nitrogen and oxygen atoms in total. The van der Waals surface area contributed by atoms with Crippen LogP contribution in [0.25, 0.3) is 0 Å². The van der Waals surface area contributed by atoms with Crippen molar-refractivity contribution in [2.45, 2.75) is 128 Å². The third kappa shape index (κ3) is 6.91. The zero-order chi connectivity index (χ0) is 32.5. The Morgan fingerprint density at radius 2 is 1.93 bits per heavy atom. The van der Waals surface area contributed by atoms with Gasteiger partial charge in [-0.1, -0.05) is 64.5 Å². The van der Waals surface area contributed by atoms with Gasteiger partial charge >= 0.3 is 5.97 Å².